The van der Waals surface area contributed by atoms with Crippen molar-refractivity contribution < 1.29 is 29.3 Å². The van der Waals surface area contributed by atoms with Gasteiger partial charge in [0.25, 0.3) is 0 Å². The number of phenolic OH excluding ortho intramolecular Hbond substituents is 2. The summed E-state index contributed by atoms with van der Waals surface area (Å²) in [5.41, 5.74) is 1.91. The van der Waals surface area contributed by atoms with E-state index in [4.69, 9.17) is 4.74 Å². The number of hydrogen-bond donors (Lipinski definition) is 4. The third-order valence-electron chi connectivity index (χ3n) is 8.53. The number of para-hydroxylation sites is 1. The molecule has 2 heterocycles. The maximum absolute atomic E-state index is 14.2. The standard InChI is InChI=1S/C34H30N2O6/c1-17-30(39)28(19(3)37)32-29(31(17)40)34(4)26(42-32)14-25(38)27(33(34)41)18(2)35-15-22(20-10-6-5-7-11-20)23-16-36-24-13-9-8-12-21(23)24/h5-14,16,22,35-36,39-40H,15H2,1-4H3/b27-18+/t22?,34-/m0/s1. The van der Waals surface area contributed by atoms with Gasteiger partial charge in [-0.2, -0.15) is 0 Å². The molecule has 1 unspecified atom stereocenters. The zero-order valence-electron chi connectivity index (χ0n) is 23.7. The number of phenols is 2. The van der Waals surface area contributed by atoms with E-state index in [1.807, 2.05) is 54.7 Å². The van der Waals surface area contributed by atoms with E-state index >= 15 is 0 Å². The highest BCUT2D eigenvalue weighted by Crippen LogP contribution is 2.57. The van der Waals surface area contributed by atoms with Crippen LogP contribution in [-0.2, 0) is 15.0 Å². The number of carbonyl (C=O) groups excluding carboxylic acids is 3. The molecule has 1 aliphatic carbocycles. The quantitative estimate of drug-likeness (QED) is 0.139. The molecule has 212 valence electrons. The van der Waals surface area contributed by atoms with Crippen molar-refractivity contribution in [2.45, 2.75) is 39.0 Å². The van der Waals surface area contributed by atoms with Crippen LogP contribution in [0.1, 0.15) is 59.3 Å². The van der Waals surface area contributed by atoms with Gasteiger partial charge in [0.15, 0.2) is 17.3 Å². The van der Waals surface area contributed by atoms with E-state index in [1.165, 1.54) is 19.9 Å². The minimum Gasteiger partial charge on any atom is -0.507 e. The van der Waals surface area contributed by atoms with Crippen LogP contribution in [0.2, 0.25) is 0 Å². The van der Waals surface area contributed by atoms with Crippen molar-refractivity contribution in [1.82, 2.24) is 10.3 Å². The molecule has 0 saturated carbocycles. The molecule has 4 N–H and O–H groups in total. The first-order valence-corrected chi connectivity index (χ1v) is 13.7. The number of benzene rings is 3. The van der Waals surface area contributed by atoms with Gasteiger partial charge < -0.3 is 25.3 Å². The van der Waals surface area contributed by atoms with E-state index in [9.17, 15) is 24.6 Å². The van der Waals surface area contributed by atoms with E-state index in [-0.39, 0.29) is 45.4 Å². The molecule has 0 amide bonds. The molecule has 6 rings (SSSR count). The van der Waals surface area contributed by atoms with Crippen molar-refractivity contribution in [2.75, 3.05) is 6.54 Å². The monoisotopic (exact) mass is 562 g/mol. The third kappa shape index (κ3) is 3.86. The summed E-state index contributed by atoms with van der Waals surface area (Å²) in [4.78, 5) is 43.3. The Morgan fingerprint density at radius 3 is 2.43 bits per heavy atom. The van der Waals surface area contributed by atoms with Crippen molar-refractivity contribution in [2.24, 2.45) is 0 Å². The van der Waals surface area contributed by atoms with Gasteiger partial charge in [0, 0.05) is 46.9 Å². The van der Waals surface area contributed by atoms with Crippen LogP contribution in [0.3, 0.4) is 0 Å². The number of aromatic amines is 1. The van der Waals surface area contributed by atoms with E-state index < -0.39 is 28.5 Å². The lowest BCUT2D eigenvalue weighted by Crippen LogP contribution is -2.41. The molecular formula is C34H30N2O6. The number of hydrogen-bond acceptors (Lipinski definition) is 7. The fraction of sp³-hybridized carbons (Fsp3) is 0.206. The number of aromatic nitrogens is 1. The van der Waals surface area contributed by atoms with Crippen molar-refractivity contribution in [1.29, 1.82) is 0 Å². The molecule has 0 saturated heterocycles. The van der Waals surface area contributed by atoms with Crippen LogP contribution in [0.5, 0.6) is 17.2 Å². The zero-order valence-corrected chi connectivity index (χ0v) is 23.7. The topological polar surface area (TPSA) is 129 Å². The molecule has 42 heavy (non-hydrogen) atoms. The summed E-state index contributed by atoms with van der Waals surface area (Å²) in [5, 5.41) is 26.1. The van der Waals surface area contributed by atoms with Gasteiger partial charge in [-0.25, -0.2) is 0 Å². The van der Waals surface area contributed by atoms with Gasteiger partial charge in [-0.05, 0) is 44.9 Å². The third-order valence-corrected chi connectivity index (χ3v) is 8.53. The molecule has 8 nitrogen and oxygen atoms in total. The lowest BCUT2D eigenvalue weighted by atomic mass is 9.70. The number of nitrogens with one attached hydrogen (secondary N) is 2. The molecule has 0 radical (unpaired) electrons. The SMILES string of the molecule is CC(=O)c1c(O)c(C)c(O)c2c1OC1=CC(=O)/C(=C(/C)NCC(c3ccccc3)c3c[nH]c4ccccc34)C(=O)[C@@]12C. The summed E-state index contributed by atoms with van der Waals surface area (Å²) >= 11 is 0. The van der Waals surface area contributed by atoms with Crippen molar-refractivity contribution >= 4 is 28.3 Å². The van der Waals surface area contributed by atoms with Crippen LogP contribution in [-0.4, -0.2) is 39.1 Å². The maximum Gasteiger partial charge on any atom is 0.194 e. The molecule has 0 bridgehead atoms. The Morgan fingerprint density at radius 2 is 1.71 bits per heavy atom. The van der Waals surface area contributed by atoms with E-state index in [1.54, 1.807) is 13.8 Å². The molecular weight excluding hydrogens is 532 g/mol. The predicted octanol–water partition coefficient (Wildman–Crippen LogP) is 5.47. The van der Waals surface area contributed by atoms with Crippen LogP contribution in [0.4, 0.5) is 0 Å². The summed E-state index contributed by atoms with van der Waals surface area (Å²) < 4.78 is 5.87. The van der Waals surface area contributed by atoms with Crippen LogP contribution in [0, 0.1) is 6.92 Å². The average Bonchev–Trinajstić information content (AvgIpc) is 3.52. The molecule has 4 aromatic rings. The minimum atomic E-state index is -1.57. The highest BCUT2D eigenvalue weighted by atomic mass is 16.5. The first-order valence-electron chi connectivity index (χ1n) is 13.7. The van der Waals surface area contributed by atoms with Gasteiger partial charge in [-0.3, -0.25) is 14.4 Å². The van der Waals surface area contributed by atoms with Crippen molar-refractivity contribution in [3.63, 3.8) is 0 Å². The second-order valence-corrected chi connectivity index (χ2v) is 11.0. The zero-order chi connectivity index (χ0) is 29.9. The number of aromatic hydroxyl groups is 2. The molecule has 3 aromatic carbocycles. The lowest BCUT2D eigenvalue weighted by molar-refractivity contribution is -0.123. The van der Waals surface area contributed by atoms with Gasteiger partial charge in [0.2, 0.25) is 0 Å². The van der Waals surface area contributed by atoms with Crippen LogP contribution < -0.4 is 10.1 Å². The Labute approximate surface area is 242 Å². The summed E-state index contributed by atoms with van der Waals surface area (Å²) in [7, 11) is 0. The van der Waals surface area contributed by atoms with Gasteiger partial charge in [-0.15, -0.1) is 0 Å². The Kier molecular flexibility index (Phi) is 6.30. The average molecular weight is 563 g/mol. The molecule has 1 aromatic heterocycles. The number of H-pyrrole nitrogens is 1. The summed E-state index contributed by atoms with van der Waals surface area (Å²) in [6, 6.07) is 18.0. The Balaban J connectivity index is 1.41. The van der Waals surface area contributed by atoms with Crippen molar-refractivity contribution in [3.8, 4) is 17.2 Å². The number of fused-ring (bicyclic) bond motifs is 4. The smallest absolute Gasteiger partial charge is 0.194 e. The molecule has 0 spiro atoms. The predicted molar refractivity (Wildman–Crippen MR) is 158 cm³/mol. The molecule has 2 atom stereocenters. The summed E-state index contributed by atoms with van der Waals surface area (Å²) in [6.45, 7) is 6.36. The number of ketones is 3. The Morgan fingerprint density at radius 1 is 1.02 bits per heavy atom. The normalized spacial score (nSPS) is 19.6. The van der Waals surface area contributed by atoms with Crippen molar-refractivity contribution in [3.05, 3.63) is 112 Å². The number of ether oxygens (including phenoxy) is 1. The molecule has 0 fully saturated rings. The van der Waals surface area contributed by atoms with Gasteiger partial charge in [0.05, 0.1) is 11.1 Å². The molecule has 8 heteroatoms. The fourth-order valence-corrected chi connectivity index (χ4v) is 6.18. The number of rotatable bonds is 6. The van der Waals surface area contributed by atoms with Gasteiger partial charge in [0.1, 0.15) is 34.0 Å². The first kappa shape index (κ1) is 27.1. The fourth-order valence-electron chi connectivity index (χ4n) is 6.18. The largest absolute Gasteiger partial charge is 0.507 e. The van der Waals surface area contributed by atoms with Crippen LogP contribution in [0.15, 0.2) is 83.9 Å². The lowest BCUT2D eigenvalue weighted by Gasteiger charge is -2.29. The Hall–Kier alpha value is -5.11. The van der Waals surface area contributed by atoms with E-state index in [2.05, 4.69) is 16.4 Å². The number of carbonyl (C=O) groups is 3. The second-order valence-electron chi connectivity index (χ2n) is 11.0. The first-order chi connectivity index (χ1) is 20.1. The molecule has 1 aliphatic heterocycles. The maximum atomic E-state index is 14.2. The second kappa shape index (κ2) is 9.76. The highest BCUT2D eigenvalue weighted by Gasteiger charge is 2.56. The van der Waals surface area contributed by atoms with E-state index in [0.717, 1.165) is 22.0 Å². The minimum absolute atomic E-state index is 0.00723. The molecule has 2 aliphatic rings. The van der Waals surface area contributed by atoms with Gasteiger partial charge >= 0.3 is 0 Å². The van der Waals surface area contributed by atoms with Crippen LogP contribution >= 0.6 is 0 Å². The number of Topliss-reactive ketones (excluding diaryl/α,β-unsaturated/α-hetero) is 2. The number of allylic oxidation sites excluding steroid dienone is 4. The Bertz CT molecular complexity index is 1880. The summed E-state index contributed by atoms with van der Waals surface area (Å²) in [5.74, 6) is -2.57. The van der Waals surface area contributed by atoms with Gasteiger partial charge in [-0.1, -0.05) is 48.5 Å². The summed E-state index contributed by atoms with van der Waals surface area (Å²) in [6.07, 6.45) is 3.21. The highest BCUT2D eigenvalue weighted by molar-refractivity contribution is 6.31. The van der Waals surface area contributed by atoms with E-state index in [0.29, 0.717) is 12.2 Å². The van der Waals surface area contributed by atoms with Crippen LogP contribution in [0.25, 0.3) is 10.9 Å².